The highest BCUT2D eigenvalue weighted by molar-refractivity contribution is 5.97. The lowest BCUT2D eigenvalue weighted by atomic mass is 9.98. The Labute approximate surface area is 73.4 Å². The highest BCUT2D eigenvalue weighted by Crippen LogP contribution is 2.28. The van der Waals surface area contributed by atoms with Crippen molar-refractivity contribution in [2.45, 2.75) is 12.6 Å². The van der Waals surface area contributed by atoms with Gasteiger partial charge in [0.05, 0.1) is 12.2 Å². The summed E-state index contributed by atoms with van der Waals surface area (Å²) in [6.45, 7) is 3.17. The molecule has 1 aliphatic rings. The zero-order chi connectivity index (χ0) is 10.1. The predicted molar refractivity (Wildman–Crippen MR) is 39.1 cm³/mol. The van der Waals surface area contributed by atoms with Crippen molar-refractivity contribution in [2.75, 3.05) is 13.2 Å². The summed E-state index contributed by atoms with van der Waals surface area (Å²) >= 11 is 0. The van der Waals surface area contributed by atoms with Crippen LogP contribution < -0.4 is 0 Å². The second-order valence-electron chi connectivity index (χ2n) is 2.90. The van der Waals surface area contributed by atoms with Gasteiger partial charge in [0.15, 0.2) is 5.78 Å². The van der Waals surface area contributed by atoms with Crippen LogP contribution in [0.15, 0.2) is 12.2 Å². The topological polar surface area (TPSA) is 26.3 Å². The average Bonchev–Trinajstić information content (AvgIpc) is 2.51. The van der Waals surface area contributed by atoms with Gasteiger partial charge in [-0.3, -0.25) is 4.79 Å². The number of halogens is 3. The molecular formula is C8H9F3O2. The first-order chi connectivity index (χ1) is 5.93. The molecule has 1 saturated heterocycles. The molecule has 1 heterocycles. The molecule has 0 N–H and O–H groups in total. The standard InChI is InChI=1S/C8H9F3O2/c1-5(8(9,10)11)7(12)6-2-3-13-4-6/h6H,1-4H2. The highest BCUT2D eigenvalue weighted by Gasteiger charge is 2.40. The highest BCUT2D eigenvalue weighted by atomic mass is 19.4. The van der Waals surface area contributed by atoms with E-state index in [1.54, 1.807) is 0 Å². The largest absolute Gasteiger partial charge is 0.419 e. The second kappa shape index (κ2) is 3.49. The van der Waals surface area contributed by atoms with Crippen LogP contribution in [0.3, 0.4) is 0 Å². The number of carbonyl (C=O) groups excluding carboxylic acids is 1. The van der Waals surface area contributed by atoms with Gasteiger partial charge in [-0.15, -0.1) is 0 Å². The van der Waals surface area contributed by atoms with Crippen LogP contribution in [-0.2, 0) is 9.53 Å². The van der Waals surface area contributed by atoms with Crippen molar-refractivity contribution in [1.82, 2.24) is 0 Å². The van der Waals surface area contributed by atoms with Gasteiger partial charge in [-0.05, 0) is 6.42 Å². The van der Waals surface area contributed by atoms with Crippen molar-refractivity contribution in [3.8, 4) is 0 Å². The van der Waals surface area contributed by atoms with E-state index in [4.69, 9.17) is 4.74 Å². The monoisotopic (exact) mass is 194 g/mol. The van der Waals surface area contributed by atoms with Gasteiger partial charge in [-0.1, -0.05) is 6.58 Å². The smallest absolute Gasteiger partial charge is 0.381 e. The zero-order valence-electron chi connectivity index (χ0n) is 6.86. The van der Waals surface area contributed by atoms with Crippen LogP contribution in [0.5, 0.6) is 0 Å². The minimum atomic E-state index is -4.61. The van der Waals surface area contributed by atoms with Gasteiger partial charge in [0.2, 0.25) is 0 Å². The fourth-order valence-electron chi connectivity index (χ4n) is 1.13. The van der Waals surface area contributed by atoms with Crippen LogP contribution >= 0.6 is 0 Å². The molecule has 0 aromatic rings. The molecule has 1 unspecified atom stereocenters. The first-order valence-corrected chi connectivity index (χ1v) is 3.81. The molecule has 0 radical (unpaired) electrons. The maximum absolute atomic E-state index is 12.0. The van der Waals surface area contributed by atoms with Crippen molar-refractivity contribution >= 4 is 5.78 Å². The number of ether oxygens (including phenoxy) is 1. The van der Waals surface area contributed by atoms with Crippen molar-refractivity contribution in [1.29, 1.82) is 0 Å². The van der Waals surface area contributed by atoms with Crippen molar-refractivity contribution in [3.05, 3.63) is 12.2 Å². The van der Waals surface area contributed by atoms with E-state index in [1.807, 2.05) is 0 Å². The predicted octanol–water partition coefficient (Wildman–Crippen LogP) is 1.71. The lowest BCUT2D eigenvalue weighted by Gasteiger charge is -2.11. The van der Waals surface area contributed by atoms with Gasteiger partial charge in [0, 0.05) is 12.5 Å². The van der Waals surface area contributed by atoms with Crippen molar-refractivity contribution in [2.24, 2.45) is 5.92 Å². The maximum Gasteiger partial charge on any atom is 0.419 e. The van der Waals surface area contributed by atoms with Gasteiger partial charge in [-0.25, -0.2) is 0 Å². The molecule has 0 aromatic carbocycles. The number of hydrogen-bond donors (Lipinski definition) is 0. The lowest BCUT2D eigenvalue weighted by molar-refractivity contribution is -0.132. The first kappa shape index (κ1) is 10.2. The summed E-state index contributed by atoms with van der Waals surface area (Å²) in [6, 6.07) is 0. The summed E-state index contributed by atoms with van der Waals surface area (Å²) in [5, 5.41) is 0. The third-order valence-electron chi connectivity index (χ3n) is 1.94. The van der Waals surface area contributed by atoms with E-state index in [0.29, 0.717) is 13.0 Å². The minimum Gasteiger partial charge on any atom is -0.381 e. The Morgan fingerprint density at radius 2 is 2.08 bits per heavy atom. The Kier molecular flexibility index (Phi) is 2.75. The fourth-order valence-corrected chi connectivity index (χ4v) is 1.13. The van der Waals surface area contributed by atoms with Gasteiger partial charge < -0.3 is 4.74 Å². The SMILES string of the molecule is C=C(C(=O)C1CCOC1)C(F)(F)F. The molecule has 0 spiro atoms. The van der Waals surface area contributed by atoms with E-state index in [9.17, 15) is 18.0 Å². The Balaban J connectivity index is 2.62. The van der Waals surface area contributed by atoms with Crippen molar-refractivity contribution < 1.29 is 22.7 Å². The summed E-state index contributed by atoms with van der Waals surface area (Å²) in [4.78, 5) is 11.1. The number of ketones is 1. The van der Waals surface area contributed by atoms with Gasteiger partial charge in [-0.2, -0.15) is 13.2 Å². The lowest BCUT2D eigenvalue weighted by Crippen LogP contribution is -2.25. The molecule has 5 heteroatoms. The Bertz CT molecular complexity index is 226. The van der Waals surface area contributed by atoms with E-state index in [1.165, 1.54) is 0 Å². The normalized spacial score (nSPS) is 23.2. The Morgan fingerprint density at radius 1 is 1.46 bits per heavy atom. The third-order valence-corrected chi connectivity index (χ3v) is 1.94. The quantitative estimate of drug-likeness (QED) is 0.625. The molecule has 1 fully saturated rings. The fraction of sp³-hybridized carbons (Fsp3) is 0.625. The molecule has 0 saturated carbocycles. The van der Waals surface area contributed by atoms with Gasteiger partial charge >= 0.3 is 6.18 Å². The van der Waals surface area contributed by atoms with E-state index >= 15 is 0 Å². The molecular weight excluding hydrogens is 185 g/mol. The molecule has 13 heavy (non-hydrogen) atoms. The number of rotatable bonds is 2. The summed E-state index contributed by atoms with van der Waals surface area (Å²) in [7, 11) is 0. The second-order valence-corrected chi connectivity index (χ2v) is 2.90. The molecule has 74 valence electrons. The maximum atomic E-state index is 12.0. The van der Waals surface area contributed by atoms with Crippen LogP contribution in [0.25, 0.3) is 0 Å². The molecule has 0 aliphatic carbocycles. The third kappa shape index (κ3) is 2.30. The van der Waals surface area contributed by atoms with E-state index in [0.717, 1.165) is 0 Å². The van der Waals surface area contributed by atoms with Crippen LogP contribution in [-0.4, -0.2) is 25.2 Å². The van der Waals surface area contributed by atoms with Gasteiger partial charge in [0.1, 0.15) is 0 Å². The number of carbonyl (C=O) groups is 1. The van der Waals surface area contributed by atoms with Crippen LogP contribution in [0.4, 0.5) is 13.2 Å². The summed E-state index contributed by atoms with van der Waals surface area (Å²) in [6.07, 6.45) is -4.26. The summed E-state index contributed by atoms with van der Waals surface area (Å²) in [5.41, 5.74) is -1.28. The minimum absolute atomic E-state index is 0.0773. The molecule has 0 amide bonds. The molecule has 0 aromatic heterocycles. The van der Waals surface area contributed by atoms with E-state index < -0.39 is 23.5 Å². The molecule has 1 atom stereocenters. The number of Topliss-reactive ketones (excluding diaryl/α,β-unsaturated/α-hetero) is 1. The molecule has 2 nitrogen and oxygen atoms in total. The van der Waals surface area contributed by atoms with E-state index in [-0.39, 0.29) is 6.61 Å². The van der Waals surface area contributed by atoms with Crippen LogP contribution in [0.1, 0.15) is 6.42 Å². The number of allylic oxidation sites excluding steroid dienone is 1. The first-order valence-electron chi connectivity index (χ1n) is 3.81. The van der Waals surface area contributed by atoms with Crippen LogP contribution in [0.2, 0.25) is 0 Å². The van der Waals surface area contributed by atoms with Gasteiger partial charge in [0.25, 0.3) is 0 Å². The molecule has 1 aliphatic heterocycles. The number of hydrogen-bond acceptors (Lipinski definition) is 2. The average molecular weight is 194 g/mol. The van der Waals surface area contributed by atoms with Crippen LogP contribution in [0, 0.1) is 5.92 Å². The summed E-state index contributed by atoms with van der Waals surface area (Å²) < 4.78 is 40.8. The molecule has 0 bridgehead atoms. The Hall–Kier alpha value is -0.840. The van der Waals surface area contributed by atoms with Crippen molar-refractivity contribution in [3.63, 3.8) is 0 Å². The molecule has 1 rings (SSSR count). The number of alkyl halides is 3. The summed E-state index contributed by atoms with van der Waals surface area (Å²) in [5.74, 6) is -1.60. The van der Waals surface area contributed by atoms with E-state index in [2.05, 4.69) is 6.58 Å². The zero-order valence-corrected chi connectivity index (χ0v) is 6.86. The Morgan fingerprint density at radius 3 is 2.46 bits per heavy atom.